The molecule has 2 aromatic rings. The summed E-state index contributed by atoms with van der Waals surface area (Å²) >= 11 is 0. The SMILES string of the molecule is CN=C(NCc1ccc(C(F)(F)F)cc1)NCC1(c2ccc3c(c2)OCO3)CCOCC1. The van der Waals surface area contributed by atoms with Crippen molar-refractivity contribution in [3.63, 3.8) is 0 Å². The van der Waals surface area contributed by atoms with Gasteiger partial charge in [-0.05, 0) is 48.2 Å². The molecule has 0 atom stereocenters. The van der Waals surface area contributed by atoms with Gasteiger partial charge in [-0.1, -0.05) is 18.2 Å². The number of benzene rings is 2. The van der Waals surface area contributed by atoms with E-state index in [4.69, 9.17) is 14.2 Å². The van der Waals surface area contributed by atoms with Crippen LogP contribution in [0.2, 0.25) is 0 Å². The number of ether oxygens (including phenoxy) is 3. The van der Waals surface area contributed by atoms with E-state index < -0.39 is 11.7 Å². The van der Waals surface area contributed by atoms with Crippen LogP contribution in [0.4, 0.5) is 13.2 Å². The van der Waals surface area contributed by atoms with Crippen molar-refractivity contribution in [2.75, 3.05) is 33.6 Å². The average Bonchev–Trinajstić information content (AvgIpc) is 3.27. The third-order valence-electron chi connectivity index (χ3n) is 5.99. The molecule has 0 unspecified atom stereocenters. The van der Waals surface area contributed by atoms with E-state index in [0.29, 0.717) is 32.3 Å². The molecule has 9 heteroatoms. The third-order valence-corrected chi connectivity index (χ3v) is 5.99. The van der Waals surface area contributed by atoms with Crippen LogP contribution in [-0.4, -0.2) is 39.6 Å². The molecule has 1 fully saturated rings. The molecule has 6 nitrogen and oxygen atoms in total. The van der Waals surface area contributed by atoms with Crippen LogP contribution in [0.3, 0.4) is 0 Å². The molecule has 0 saturated carbocycles. The standard InChI is InChI=1S/C23H26F3N3O3/c1-27-21(28-13-16-2-4-17(5-3-16)23(24,25)26)29-14-22(8-10-30-11-9-22)18-6-7-19-20(12-18)32-15-31-19/h2-7,12H,8-11,13-15H2,1H3,(H2,27,28,29). The molecule has 2 aliphatic rings. The molecule has 0 amide bonds. The molecule has 2 aliphatic heterocycles. The minimum atomic E-state index is -4.34. The first-order valence-electron chi connectivity index (χ1n) is 10.5. The highest BCUT2D eigenvalue weighted by Gasteiger charge is 2.36. The van der Waals surface area contributed by atoms with Gasteiger partial charge >= 0.3 is 6.18 Å². The highest BCUT2D eigenvalue weighted by molar-refractivity contribution is 5.79. The lowest BCUT2D eigenvalue weighted by Gasteiger charge is -2.38. The molecular weight excluding hydrogens is 423 g/mol. The monoisotopic (exact) mass is 449 g/mol. The molecule has 2 aromatic carbocycles. The van der Waals surface area contributed by atoms with Crippen molar-refractivity contribution in [3.05, 3.63) is 59.2 Å². The van der Waals surface area contributed by atoms with E-state index in [1.807, 2.05) is 12.1 Å². The summed E-state index contributed by atoms with van der Waals surface area (Å²) in [5.41, 5.74) is 1.06. The zero-order valence-corrected chi connectivity index (χ0v) is 17.8. The minimum Gasteiger partial charge on any atom is -0.454 e. The topological polar surface area (TPSA) is 64.1 Å². The van der Waals surface area contributed by atoms with Crippen molar-refractivity contribution in [3.8, 4) is 11.5 Å². The maximum absolute atomic E-state index is 12.7. The van der Waals surface area contributed by atoms with Crippen molar-refractivity contribution in [1.29, 1.82) is 0 Å². The number of hydrogen-bond donors (Lipinski definition) is 2. The Labute approximate surface area is 184 Å². The van der Waals surface area contributed by atoms with Crippen molar-refractivity contribution < 1.29 is 27.4 Å². The predicted octanol–water partition coefficient (Wildman–Crippen LogP) is 3.85. The van der Waals surface area contributed by atoms with Gasteiger partial charge in [0.05, 0.1) is 5.56 Å². The van der Waals surface area contributed by atoms with Crippen molar-refractivity contribution in [1.82, 2.24) is 10.6 Å². The second-order valence-electron chi connectivity index (χ2n) is 7.93. The van der Waals surface area contributed by atoms with E-state index in [2.05, 4.69) is 21.7 Å². The molecule has 0 spiro atoms. The van der Waals surface area contributed by atoms with Crippen LogP contribution in [0.15, 0.2) is 47.5 Å². The molecule has 0 aromatic heterocycles. The third kappa shape index (κ3) is 4.93. The van der Waals surface area contributed by atoms with E-state index in [1.54, 1.807) is 7.05 Å². The Morgan fingerprint density at radius 1 is 1.00 bits per heavy atom. The smallest absolute Gasteiger partial charge is 0.416 e. The highest BCUT2D eigenvalue weighted by atomic mass is 19.4. The second-order valence-corrected chi connectivity index (χ2v) is 7.93. The van der Waals surface area contributed by atoms with Crippen LogP contribution in [0, 0.1) is 0 Å². The van der Waals surface area contributed by atoms with Crippen molar-refractivity contribution >= 4 is 5.96 Å². The van der Waals surface area contributed by atoms with Crippen LogP contribution in [0.25, 0.3) is 0 Å². The lowest BCUT2D eigenvalue weighted by Crippen LogP contribution is -2.47. The second kappa shape index (κ2) is 9.28. The normalized spacial score (nSPS) is 17.8. The van der Waals surface area contributed by atoms with E-state index in [0.717, 1.165) is 47.6 Å². The Balaban J connectivity index is 1.41. The first-order chi connectivity index (χ1) is 15.4. The number of fused-ring (bicyclic) bond motifs is 1. The molecule has 0 aliphatic carbocycles. The molecule has 172 valence electrons. The summed E-state index contributed by atoms with van der Waals surface area (Å²) in [6.45, 7) is 2.54. The van der Waals surface area contributed by atoms with Crippen LogP contribution in [-0.2, 0) is 22.9 Å². The summed E-state index contributed by atoms with van der Waals surface area (Å²) in [5, 5.41) is 6.56. The first kappa shape index (κ1) is 22.3. The molecular formula is C23H26F3N3O3. The summed E-state index contributed by atoms with van der Waals surface area (Å²) in [7, 11) is 1.67. The fraction of sp³-hybridized carbons (Fsp3) is 0.435. The first-order valence-corrected chi connectivity index (χ1v) is 10.5. The van der Waals surface area contributed by atoms with Crippen LogP contribution >= 0.6 is 0 Å². The Bertz CT molecular complexity index is 955. The van der Waals surface area contributed by atoms with E-state index in [1.165, 1.54) is 12.1 Å². The molecule has 0 radical (unpaired) electrons. The lowest BCUT2D eigenvalue weighted by molar-refractivity contribution is -0.137. The quantitative estimate of drug-likeness (QED) is 0.536. The number of guanidine groups is 1. The lowest BCUT2D eigenvalue weighted by atomic mass is 9.74. The van der Waals surface area contributed by atoms with E-state index in [-0.39, 0.29) is 12.2 Å². The molecule has 1 saturated heterocycles. The minimum absolute atomic E-state index is 0.162. The Morgan fingerprint density at radius 3 is 2.41 bits per heavy atom. The summed E-state index contributed by atoms with van der Waals surface area (Å²) < 4.78 is 54.8. The number of hydrogen-bond acceptors (Lipinski definition) is 4. The molecule has 4 rings (SSSR count). The van der Waals surface area contributed by atoms with Gasteiger partial charge in [-0.25, -0.2) is 0 Å². The summed E-state index contributed by atoms with van der Waals surface area (Å²) in [6.07, 6.45) is -2.65. The summed E-state index contributed by atoms with van der Waals surface area (Å²) in [6, 6.07) is 11.2. The number of nitrogens with zero attached hydrogens (tertiary/aromatic N) is 1. The number of nitrogens with one attached hydrogen (secondary N) is 2. The van der Waals surface area contributed by atoms with Gasteiger partial charge in [-0.15, -0.1) is 0 Å². The highest BCUT2D eigenvalue weighted by Crippen LogP contribution is 2.40. The van der Waals surface area contributed by atoms with Crippen molar-refractivity contribution in [2.24, 2.45) is 4.99 Å². The number of halogens is 3. The van der Waals surface area contributed by atoms with Crippen LogP contribution in [0.5, 0.6) is 11.5 Å². The van der Waals surface area contributed by atoms with Gasteiger partial charge in [0, 0.05) is 38.8 Å². The Kier molecular flexibility index (Phi) is 6.45. The van der Waals surface area contributed by atoms with Gasteiger partial charge in [0.25, 0.3) is 0 Å². The van der Waals surface area contributed by atoms with Gasteiger partial charge in [-0.3, -0.25) is 4.99 Å². The largest absolute Gasteiger partial charge is 0.454 e. The Morgan fingerprint density at radius 2 is 1.72 bits per heavy atom. The van der Waals surface area contributed by atoms with E-state index >= 15 is 0 Å². The van der Waals surface area contributed by atoms with Gasteiger partial charge < -0.3 is 24.8 Å². The van der Waals surface area contributed by atoms with E-state index in [9.17, 15) is 13.2 Å². The molecule has 2 N–H and O–H groups in total. The molecule has 0 bridgehead atoms. The fourth-order valence-corrected chi connectivity index (χ4v) is 4.03. The molecule has 2 heterocycles. The zero-order valence-electron chi connectivity index (χ0n) is 17.8. The number of rotatable bonds is 5. The van der Waals surface area contributed by atoms with Gasteiger partial charge in [-0.2, -0.15) is 13.2 Å². The average molecular weight is 449 g/mol. The maximum atomic E-state index is 12.7. The predicted molar refractivity (Wildman–Crippen MR) is 114 cm³/mol. The summed E-state index contributed by atoms with van der Waals surface area (Å²) in [4.78, 5) is 4.27. The van der Waals surface area contributed by atoms with Crippen LogP contribution in [0.1, 0.15) is 29.5 Å². The molecule has 32 heavy (non-hydrogen) atoms. The van der Waals surface area contributed by atoms with Gasteiger partial charge in [0.2, 0.25) is 6.79 Å². The van der Waals surface area contributed by atoms with Gasteiger partial charge in [0.1, 0.15) is 0 Å². The summed E-state index contributed by atoms with van der Waals surface area (Å²) in [5.74, 6) is 2.08. The number of alkyl halides is 3. The zero-order chi connectivity index (χ0) is 22.6. The van der Waals surface area contributed by atoms with Crippen LogP contribution < -0.4 is 20.1 Å². The van der Waals surface area contributed by atoms with Crippen molar-refractivity contribution in [2.45, 2.75) is 31.0 Å². The Hall–Kier alpha value is -2.94. The fourth-order valence-electron chi connectivity index (χ4n) is 4.03. The van der Waals surface area contributed by atoms with Gasteiger partial charge in [0.15, 0.2) is 17.5 Å². The number of aliphatic imine (C=N–C) groups is 1. The maximum Gasteiger partial charge on any atom is 0.416 e.